The number of aliphatic carboxylic acids is 1. The number of carbonyl (C=O) groups excluding carboxylic acids is 1. The number of fused-ring (bicyclic) bond motifs is 1. The Hall–Kier alpha value is -1.88. The van der Waals surface area contributed by atoms with E-state index in [9.17, 15) is 9.59 Å². The molecule has 0 radical (unpaired) electrons. The third kappa shape index (κ3) is 1.45. The highest BCUT2D eigenvalue weighted by Gasteiger charge is 2.36. The molecule has 0 unspecified atom stereocenters. The van der Waals surface area contributed by atoms with Crippen molar-refractivity contribution in [1.82, 2.24) is 5.32 Å². The van der Waals surface area contributed by atoms with Gasteiger partial charge in [0.1, 0.15) is 6.04 Å². The lowest BCUT2D eigenvalue weighted by Gasteiger charge is -2.15. The fourth-order valence-electron chi connectivity index (χ4n) is 1.98. The van der Waals surface area contributed by atoms with Gasteiger partial charge in [-0.25, -0.2) is 0 Å². The Morgan fingerprint density at radius 3 is 2.88 bits per heavy atom. The van der Waals surface area contributed by atoms with E-state index >= 15 is 0 Å². The number of amides is 1. The van der Waals surface area contributed by atoms with Crippen LogP contribution in [-0.2, 0) is 4.79 Å². The van der Waals surface area contributed by atoms with Gasteiger partial charge in [-0.15, -0.1) is 0 Å². The van der Waals surface area contributed by atoms with E-state index in [1.165, 1.54) is 0 Å². The van der Waals surface area contributed by atoms with E-state index < -0.39 is 18.1 Å². The number of nitrogens with one attached hydrogen (secondary N) is 1. The Kier molecular flexibility index (Phi) is 2.40. The number of nitrogens with two attached hydrogens (primary N) is 1. The third-order valence-corrected chi connectivity index (χ3v) is 2.80. The van der Waals surface area contributed by atoms with E-state index in [1.807, 2.05) is 13.0 Å². The first kappa shape index (κ1) is 10.6. The molecule has 2 rings (SSSR count). The number of aryl methyl sites for hydroxylation is 1. The van der Waals surface area contributed by atoms with Crippen LogP contribution in [0.15, 0.2) is 18.2 Å². The second-order valence-corrected chi connectivity index (χ2v) is 3.85. The zero-order valence-electron chi connectivity index (χ0n) is 8.73. The molecule has 1 aliphatic rings. The van der Waals surface area contributed by atoms with Gasteiger partial charge in [-0.05, 0) is 18.1 Å². The summed E-state index contributed by atoms with van der Waals surface area (Å²) in [6.07, 6.45) is 0. The summed E-state index contributed by atoms with van der Waals surface area (Å²) in [6, 6.07) is 3.57. The number of carboxylic acids is 1. The normalized spacial score (nSPS) is 20.1. The molecule has 2 atom stereocenters. The maximum Gasteiger partial charge on any atom is 0.322 e. The first-order valence-corrected chi connectivity index (χ1v) is 4.91. The van der Waals surface area contributed by atoms with Crippen molar-refractivity contribution >= 4 is 11.9 Å². The molecule has 4 N–H and O–H groups in total. The van der Waals surface area contributed by atoms with Crippen LogP contribution in [0, 0.1) is 6.92 Å². The van der Waals surface area contributed by atoms with Gasteiger partial charge >= 0.3 is 5.97 Å². The average Bonchev–Trinajstić information content (AvgIpc) is 2.56. The molecule has 1 aliphatic heterocycles. The maximum absolute atomic E-state index is 11.7. The molecule has 0 bridgehead atoms. The Balaban J connectivity index is 2.48. The van der Waals surface area contributed by atoms with Gasteiger partial charge in [0.15, 0.2) is 0 Å². The molecule has 1 aromatic carbocycles. The third-order valence-electron chi connectivity index (χ3n) is 2.80. The minimum absolute atomic E-state index is 0.255. The lowest BCUT2D eigenvalue weighted by molar-refractivity contribution is -0.139. The topological polar surface area (TPSA) is 92.4 Å². The Labute approximate surface area is 92.3 Å². The molecule has 1 heterocycles. The molecule has 16 heavy (non-hydrogen) atoms. The molecule has 0 saturated heterocycles. The van der Waals surface area contributed by atoms with Gasteiger partial charge in [0, 0.05) is 5.56 Å². The molecular formula is C11H12N2O3. The van der Waals surface area contributed by atoms with Crippen molar-refractivity contribution in [2.75, 3.05) is 0 Å². The lowest BCUT2D eigenvalue weighted by Crippen LogP contribution is -2.41. The highest BCUT2D eigenvalue weighted by molar-refractivity contribution is 6.01. The van der Waals surface area contributed by atoms with Gasteiger partial charge in [-0.2, -0.15) is 0 Å². The number of rotatable bonds is 2. The molecule has 0 aromatic heterocycles. The fourth-order valence-corrected chi connectivity index (χ4v) is 1.98. The monoisotopic (exact) mass is 220 g/mol. The van der Waals surface area contributed by atoms with Gasteiger partial charge < -0.3 is 16.2 Å². The molecule has 0 fully saturated rings. The number of hydrogen-bond acceptors (Lipinski definition) is 3. The minimum atomic E-state index is -1.13. The van der Waals surface area contributed by atoms with Gasteiger partial charge in [0.05, 0.1) is 6.04 Å². The minimum Gasteiger partial charge on any atom is -0.480 e. The van der Waals surface area contributed by atoms with Crippen molar-refractivity contribution < 1.29 is 14.7 Å². The molecule has 0 saturated carbocycles. The zero-order valence-corrected chi connectivity index (χ0v) is 8.73. The summed E-state index contributed by atoms with van der Waals surface area (Å²) in [5.41, 5.74) is 7.58. The van der Waals surface area contributed by atoms with Crippen LogP contribution in [-0.4, -0.2) is 23.0 Å². The summed E-state index contributed by atoms with van der Waals surface area (Å²) in [4.78, 5) is 22.5. The van der Waals surface area contributed by atoms with E-state index in [4.69, 9.17) is 10.8 Å². The molecular weight excluding hydrogens is 208 g/mol. The highest BCUT2D eigenvalue weighted by atomic mass is 16.4. The van der Waals surface area contributed by atoms with E-state index in [-0.39, 0.29) is 5.91 Å². The summed E-state index contributed by atoms with van der Waals surface area (Å²) in [6.45, 7) is 1.81. The smallest absolute Gasteiger partial charge is 0.322 e. The summed E-state index contributed by atoms with van der Waals surface area (Å²) in [5.74, 6) is -1.38. The van der Waals surface area contributed by atoms with Crippen molar-refractivity contribution in [2.24, 2.45) is 5.73 Å². The molecule has 0 spiro atoms. The molecule has 84 valence electrons. The maximum atomic E-state index is 11.7. The second-order valence-electron chi connectivity index (χ2n) is 3.85. The van der Waals surface area contributed by atoms with Crippen LogP contribution in [0.1, 0.15) is 27.5 Å². The second kappa shape index (κ2) is 3.61. The SMILES string of the molecule is Cc1cccc2c1C(=O)N[C@@H]2[C@@H](N)C(=O)O. The number of hydrogen-bond donors (Lipinski definition) is 3. The van der Waals surface area contributed by atoms with Crippen LogP contribution in [0.3, 0.4) is 0 Å². The van der Waals surface area contributed by atoms with Gasteiger partial charge in [0.25, 0.3) is 5.91 Å². The van der Waals surface area contributed by atoms with Crippen molar-refractivity contribution in [2.45, 2.75) is 19.0 Å². The molecule has 0 aliphatic carbocycles. The number of carboxylic acid groups (broad SMARTS) is 1. The van der Waals surface area contributed by atoms with Crippen LogP contribution in [0.4, 0.5) is 0 Å². The lowest BCUT2D eigenvalue weighted by atomic mass is 9.97. The first-order chi connectivity index (χ1) is 7.52. The van der Waals surface area contributed by atoms with E-state index in [0.717, 1.165) is 5.56 Å². The molecule has 1 aromatic rings. The van der Waals surface area contributed by atoms with Gasteiger partial charge in [-0.1, -0.05) is 18.2 Å². The Morgan fingerprint density at radius 2 is 2.25 bits per heavy atom. The summed E-state index contributed by atoms with van der Waals surface area (Å²) < 4.78 is 0. The predicted molar refractivity (Wildman–Crippen MR) is 57.0 cm³/mol. The van der Waals surface area contributed by atoms with E-state index in [0.29, 0.717) is 11.1 Å². The highest BCUT2D eigenvalue weighted by Crippen LogP contribution is 2.29. The van der Waals surface area contributed by atoms with Crippen LogP contribution in [0.5, 0.6) is 0 Å². The zero-order chi connectivity index (χ0) is 11.9. The fraction of sp³-hybridized carbons (Fsp3) is 0.273. The summed E-state index contributed by atoms with van der Waals surface area (Å²) >= 11 is 0. The Morgan fingerprint density at radius 1 is 1.56 bits per heavy atom. The number of carbonyl (C=O) groups is 2. The van der Waals surface area contributed by atoms with E-state index in [2.05, 4.69) is 5.32 Å². The van der Waals surface area contributed by atoms with Crippen LogP contribution in [0.2, 0.25) is 0 Å². The van der Waals surface area contributed by atoms with Crippen LogP contribution >= 0.6 is 0 Å². The van der Waals surface area contributed by atoms with Crippen LogP contribution in [0.25, 0.3) is 0 Å². The molecule has 1 amide bonds. The first-order valence-electron chi connectivity index (χ1n) is 4.91. The molecule has 5 heteroatoms. The van der Waals surface area contributed by atoms with Crippen molar-refractivity contribution in [1.29, 1.82) is 0 Å². The standard InChI is InChI=1S/C11H12N2O3/c1-5-3-2-4-6-7(5)10(14)13-9(6)8(12)11(15)16/h2-4,8-9H,12H2,1H3,(H,13,14)(H,15,16)/t8-,9+/m1/s1. The van der Waals surface area contributed by atoms with Crippen LogP contribution < -0.4 is 11.1 Å². The average molecular weight is 220 g/mol. The summed E-state index contributed by atoms with van der Waals surface area (Å²) in [7, 11) is 0. The van der Waals surface area contributed by atoms with Crippen molar-refractivity contribution in [3.8, 4) is 0 Å². The molecule has 5 nitrogen and oxygen atoms in total. The van der Waals surface area contributed by atoms with Gasteiger partial charge in [0.2, 0.25) is 0 Å². The quantitative estimate of drug-likeness (QED) is 0.663. The van der Waals surface area contributed by atoms with Crippen molar-refractivity contribution in [3.63, 3.8) is 0 Å². The van der Waals surface area contributed by atoms with E-state index in [1.54, 1.807) is 12.1 Å². The van der Waals surface area contributed by atoms with Crippen molar-refractivity contribution in [3.05, 3.63) is 34.9 Å². The number of benzene rings is 1. The largest absolute Gasteiger partial charge is 0.480 e. The predicted octanol–water partition coefficient (Wildman–Crippen LogP) is 0.191. The summed E-state index contributed by atoms with van der Waals surface area (Å²) in [5, 5.41) is 11.4. The Bertz CT molecular complexity index is 470. The van der Waals surface area contributed by atoms with Gasteiger partial charge in [-0.3, -0.25) is 9.59 Å².